The summed E-state index contributed by atoms with van der Waals surface area (Å²) in [6.07, 6.45) is 4.48. The molecule has 1 aliphatic rings. The number of rotatable bonds is 5. The highest BCUT2D eigenvalue weighted by Crippen LogP contribution is 2.29. The maximum Gasteiger partial charge on any atom is 0.227 e. The normalized spacial score (nSPS) is 24.3. The number of nitrogens with zero attached hydrogens (tertiary/aromatic N) is 3. The topological polar surface area (TPSA) is 73.9 Å². The number of aromatic nitrogens is 3. The molecule has 1 aliphatic heterocycles. The van der Waals surface area contributed by atoms with Gasteiger partial charge < -0.3 is 10.2 Å². The number of hydrogen-bond acceptors (Lipinski definition) is 4. The van der Waals surface area contributed by atoms with Crippen molar-refractivity contribution in [2.24, 2.45) is 5.41 Å². The van der Waals surface area contributed by atoms with Crippen LogP contribution in [0.3, 0.4) is 0 Å². The van der Waals surface area contributed by atoms with Gasteiger partial charge in [-0.25, -0.2) is 0 Å². The first-order valence-electron chi connectivity index (χ1n) is 6.99. The SMILES string of the molecule is CCN1CCC[C@](C)(C(=O)NCCc2cn[nH]n2)C1. The number of amides is 1. The Hall–Kier alpha value is -1.43. The number of nitrogens with one attached hydrogen (secondary N) is 2. The van der Waals surface area contributed by atoms with Crippen LogP contribution >= 0.6 is 0 Å². The lowest BCUT2D eigenvalue weighted by molar-refractivity contribution is -0.133. The second kappa shape index (κ2) is 6.14. The fourth-order valence-corrected chi connectivity index (χ4v) is 2.66. The van der Waals surface area contributed by atoms with Crippen molar-refractivity contribution in [1.82, 2.24) is 25.6 Å². The fourth-order valence-electron chi connectivity index (χ4n) is 2.66. The van der Waals surface area contributed by atoms with Gasteiger partial charge in [-0.2, -0.15) is 15.4 Å². The summed E-state index contributed by atoms with van der Waals surface area (Å²) in [5.41, 5.74) is 0.627. The molecule has 2 N–H and O–H groups in total. The molecule has 0 unspecified atom stereocenters. The largest absolute Gasteiger partial charge is 0.355 e. The van der Waals surface area contributed by atoms with Gasteiger partial charge in [-0.3, -0.25) is 4.79 Å². The molecule has 0 bridgehead atoms. The summed E-state index contributed by atoms with van der Waals surface area (Å²) < 4.78 is 0. The van der Waals surface area contributed by atoms with Crippen LogP contribution in [0.5, 0.6) is 0 Å². The summed E-state index contributed by atoms with van der Waals surface area (Å²) in [4.78, 5) is 14.7. The van der Waals surface area contributed by atoms with Crippen LogP contribution in [0, 0.1) is 5.41 Å². The van der Waals surface area contributed by atoms with Crippen molar-refractivity contribution in [2.75, 3.05) is 26.2 Å². The Morgan fingerprint density at radius 1 is 1.63 bits per heavy atom. The van der Waals surface area contributed by atoms with Crippen molar-refractivity contribution < 1.29 is 4.79 Å². The van der Waals surface area contributed by atoms with E-state index in [1.54, 1.807) is 6.20 Å². The molecule has 1 aromatic rings. The predicted molar refractivity (Wildman–Crippen MR) is 72.6 cm³/mol. The minimum absolute atomic E-state index is 0.161. The minimum Gasteiger partial charge on any atom is -0.355 e. The van der Waals surface area contributed by atoms with Gasteiger partial charge in [0.25, 0.3) is 0 Å². The van der Waals surface area contributed by atoms with Gasteiger partial charge in [0.1, 0.15) is 0 Å². The molecule has 0 aromatic carbocycles. The maximum atomic E-state index is 12.3. The molecular weight excluding hydrogens is 242 g/mol. The van der Waals surface area contributed by atoms with Gasteiger partial charge in [-0.05, 0) is 32.9 Å². The van der Waals surface area contributed by atoms with Crippen LogP contribution in [0.15, 0.2) is 6.20 Å². The van der Waals surface area contributed by atoms with Gasteiger partial charge in [-0.15, -0.1) is 0 Å². The summed E-state index contributed by atoms with van der Waals surface area (Å²) in [6, 6.07) is 0. The second-order valence-corrected chi connectivity index (χ2v) is 5.50. The predicted octanol–water partition coefficient (Wildman–Crippen LogP) is 0.585. The van der Waals surface area contributed by atoms with Crippen LogP contribution in [0.4, 0.5) is 0 Å². The van der Waals surface area contributed by atoms with E-state index in [1.165, 1.54) is 0 Å². The van der Waals surface area contributed by atoms with Gasteiger partial charge in [-0.1, -0.05) is 6.92 Å². The summed E-state index contributed by atoms with van der Waals surface area (Å²) in [7, 11) is 0. The number of aromatic amines is 1. The van der Waals surface area contributed by atoms with Gasteiger partial charge in [0.05, 0.1) is 17.3 Å². The van der Waals surface area contributed by atoms with E-state index in [9.17, 15) is 4.79 Å². The van der Waals surface area contributed by atoms with E-state index in [-0.39, 0.29) is 11.3 Å². The number of H-pyrrole nitrogens is 1. The van der Waals surface area contributed by atoms with Crippen molar-refractivity contribution in [1.29, 1.82) is 0 Å². The molecule has 0 aliphatic carbocycles. The quantitative estimate of drug-likeness (QED) is 0.817. The molecule has 1 saturated heterocycles. The summed E-state index contributed by atoms with van der Waals surface area (Å²) in [5, 5.41) is 13.3. The highest BCUT2D eigenvalue weighted by Gasteiger charge is 2.36. The first-order chi connectivity index (χ1) is 9.14. The highest BCUT2D eigenvalue weighted by molar-refractivity contribution is 5.82. The zero-order valence-corrected chi connectivity index (χ0v) is 11.8. The molecule has 0 radical (unpaired) electrons. The van der Waals surface area contributed by atoms with Crippen molar-refractivity contribution in [3.8, 4) is 0 Å². The first-order valence-corrected chi connectivity index (χ1v) is 6.99. The van der Waals surface area contributed by atoms with Crippen LogP contribution in [-0.2, 0) is 11.2 Å². The monoisotopic (exact) mass is 265 g/mol. The zero-order valence-electron chi connectivity index (χ0n) is 11.8. The minimum atomic E-state index is -0.252. The molecule has 1 fully saturated rings. The lowest BCUT2D eigenvalue weighted by Gasteiger charge is -2.38. The van der Waals surface area contributed by atoms with Gasteiger partial charge in [0.15, 0.2) is 0 Å². The van der Waals surface area contributed by atoms with Crippen molar-refractivity contribution >= 4 is 5.91 Å². The number of carbonyl (C=O) groups excluding carboxylic acids is 1. The average molecular weight is 265 g/mol. The molecule has 2 rings (SSSR count). The van der Waals surface area contributed by atoms with Gasteiger partial charge in [0.2, 0.25) is 5.91 Å². The molecule has 0 spiro atoms. The van der Waals surface area contributed by atoms with E-state index in [2.05, 4.69) is 39.5 Å². The third-order valence-electron chi connectivity index (χ3n) is 3.90. The van der Waals surface area contributed by atoms with E-state index >= 15 is 0 Å². The molecule has 6 nitrogen and oxygen atoms in total. The van der Waals surface area contributed by atoms with Crippen molar-refractivity contribution in [2.45, 2.75) is 33.1 Å². The third-order valence-corrected chi connectivity index (χ3v) is 3.90. The Morgan fingerprint density at radius 2 is 2.47 bits per heavy atom. The maximum absolute atomic E-state index is 12.3. The average Bonchev–Trinajstić information content (AvgIpc) is 2.91. The van der Waals surface area contributed by atoms with Crippen molar-refractivity contribution in [3.63, 3.8) is 0 Å². The van der Waals surface area contributed by atoms with Gasteiger partial charge in [0, 0.05) is 19.5 Å². The molecule has 6 heteroatoms. The molecule has 0 saturated carbocycles. The smallest absolute Gasteiger partial charge is 0.227 e. The highest BCUT2D eigenvalue weighted by atomic mass is 16.2. The summed E-state index contributed by atoms with van der Waals surface area (Å²) >= 11 is 0. The molecule has 106 valence electrons. The summed E-state index contributed by atoms with van der Waals surface area (Å²) in [5.74, 6) is 0.161. The van der Waals surface area contributed by atoms with Crippen LogP contribution < -0.4 is 5.32 Å². The van der Waals surface area contributed by atoms with E-state index in [1.807, 2.05) is 0 Å². The van der Waals surface area contributed by atoms with Crippen molar-refractivity contribution in [3.05, 3.63) is 11.9 Å². The van der Waals surface area contributed by atoms with E-state index < -0.39 is 0 Å². The number of likely N-dealkylation sites (tertiary alicyclic amines) is 1. The number of piperidine rings is 1. The Labute approximate surface area is 113 Å². The van der Waals surface area contributed by atoms with Gasteiger partial charge >= 0.3 is 0 Å². The Kier molecular flexibility index (Phi) is 4.52. The molecule has 1 aromatic heterocycles. The Morgan fingerprint density at radius 3 is 3.16 bits per heavy atom. The molecular formula is C13H23N5O. The number of hydrogen-bond donors (Lipinski definition) is 2. The molecule has 1 amide bonds. The standard InChI is InChI=1S/C13H23N5O/c1-3-18-8-4-6-13(2,10-18)12(19)14-7-5-11-9-15-17-16-11/h9H,3-8,10H2,1-2H3,(H,14,19)(H,15,16,17)/t13-/m0/s1. The zero-order chi connectivity index (χ0) is 13.7. The molecule has 1 atom stereocenters. The van der Waals surface area contributed by atoms with Crippen LogP contribution in [0.2, 0.25) is 0 Å². The Bertz CT molecular complexity index is 405. The summed E-state index contributed by atoms with van der Waals surface area (Å²) in [6.45, 7) is 7.82. The Balaban J connectivity index is 1.81. The van der Waals surface area contributed by atoms with E-state index in [0.717, 1.165) is 44.6 Å². The van der Waals surface area contributed by atoms with Crippen LogP contribution in [0.1, 0.15) is 32.4 Å². The third kappa shape index (κ3) is 3.53. The molecule has 2 heterocycles. The van der Waals surface area contributed by atoms with E-state index in [0.29, 0.717) is 6.54 Å². The lowest BCUT2D eigenvalue weighted by atomic mass is 9.81. The fraction of sp³-hybridized carbons (Fsp3) is 0.769. The van der Waals surface area contributed by atoms with Crippen LogP contribution in [-0.4, -0.2) is 52.4 Å². The second-order valence-electron chi connectivity index (χ2n) is 5.50. The first kappa shape index (κ1) is 14.0. The lowest BCUT2D eigenvalue weighted by Crippen LogP contribution is -2.50. The number of carbonyl (C=O) groups is 1. The van der Waals surface area contributed by atoms with E-state index in [4.69, 9.17) is 0 Å². The molecule has 19 heavy (non-hydrogen) atoms. The van der Waals surface area contributed by atoms with Crippen LogP contribution in [0.25, 0.3) is 0 Å².